The van der Waals surface area contributed by atoms with Gasteiger partial charge in [0, 0.05) is 24.2 Å². The van der Waals surface area contributed by atoms with Crippen LogP contribution in [0.25, 0.3) is 10.6 Å². The normalized spacial score (nSPS) is 20.2. The first kappa shape index (κ1) is 18.1. The van der Waals surface area contributed by atoms with Crippen LogP contribution in [0, 0.1) is 0 Å². The van der Waals surface area contributed by atoms with E-state index in [0.29, 0.717) is 19.6 Å². The van der Waals surface area contributed by atoms with Crippen LogP contribution in [-0.2, 0) is 16.1 Å². The summed E-state index contributed by atoms with van der Waals surface area (Å²) in [7, 11) is 0. The van der Waals surface area contributed by atoms with Crippen molar-refractivity contribution in [2.45, 2.75) is 51.1 Å². The summed E-state index contributed by atoms with van der Waals surface area (Å²) in [6.45, 7) is 3.63. The second-order valence-corrected chi connectivity index (χ2v) is 8.67. The van der Waals surface area contributed by atoms with Gasteiger partial charge in [0.15, 0.2) is 0 Å². The van der Waals surface area contributed by atoms with Crippen LogP contribution < -0.4 is 0 Å². The van der Waals surface area contributed by atoms with Crippen molar-refractivity contribution in [1.29, 1.82) is 0 Å². The summed E-state index contributed by atoms with van der Waals surface area (Å²) in [5.74, 6) is -0.775. The second-order valence-electron chi connectivity index (χ2n) is 7.61. The Kier molecular flexibility index (Phi) is 4.95. The fourth-order valence-electron chi connectivity index (χ4n) is 4.10. The van der Waals surface area contributed by atoms with Crippen LogP contribution in [0.15, 0.2) is 30.3 Å². The Morgan fingerprint density at radius 3 is 2.48 bits per heavy atom. The molecule has 1 aliphatic heterocycles. The molecule has 6 nitrogen and oxygen atoms in total. The van der Waals surface area contributed by atoms with E-state index >= 15 is 0 Å². The van der Waals surface area contributed by atoms with E-state index in [1.807, 2.05) is 35.2 Å². The largest absolute Gasteiger partial charge is 0.327 e. The lowest BCUT2D eigenvalue weighted by molar-refractivity contribution is -0.162. The highest BCUT2D eigenvalue weighted by Crippen LogP contribution is 2.34. The highest BCUT2D eigenvalue weighted by atomic mass is 32.1. The minimum absolute atomic E-state index is 0.166. The zero-order valence-corrected chi connectivity index (χ0v) is 16.4. The number of benzene rings is 1. The second kappa shape index (κ2) is 7.38. The average Bonchev–Trinajstić information content (AvgIpc) is 3.15. The minimum atomic E-state index is -0.412. The molecular weight excluding hydrogens is 360 g/mol. The lowest BCUT2D eigenvalue weighted by atomic mass is 9.81. The van der Waals surface area contributed by atoms with Crippen molar-refractivity contribution in [3.8, 4) is 10.6 Å². The van der Waals surface area contributed by atoms with Crippen LogP contribution in [0.2, 0.25) is 0 Å². The summed E-state index contributed by atoms with van der Waals surface area (Å²) >= 11 is 1.47. The minimum Gasteiger partial charge on any atom is -0.327 e. The first-order valence-electron chi connectivity index (χ1n) is 9.55. The predicted molar refractivity (Wildman–Crippen MR) is 104 cm³/mol. The van der Waals surface area contributed by atoms with E-state index in [4.69, 9.17) is 0 Å². The Morgan fingerprint density at radius 2 is 1.74 bits per heavy atom. The van der Waals surface area contributed by atoms with E-state index in [0.717, 1.165) is 41.3 Å². The summed E-state index contributed by atoms with van der Waals surface area (Å²) in [4.78, 5) is 28.9. The Bertz CT molecular complexity index is 830. The molecule has 1 saturated heterocycles. The molecule has 2 aromatic rings. The maximum absolute atomic E-state index is 12.8. The molecule has 2 fully saturated rings. The van der Waals surface area contributed by atoms with Gasteiger partial charge < -0.3 is 9.80 Å². The maximum atomic E-state index is 12.8. The van der Waals surface area contributed by atoms with Crippen molar-refractivity contribution in [2.24, 2.45) is 0 Å². The molecule has 2 amide bonds. The number of rotatable bonds is 4. The number of piperazine rings is 1. The average molecular weight is 385 g/mol. The fraction of sp³-hybridized carbons (Fsp3) is 0.500. The van der Waals surface area contributed by atoms with Crippen molar-refractivity contribution in [3.05, 3.63) is 35.3 Å². The lowest BCUT2D eigenvalue weighted by Gasteiger charge is -2.47. The zero-order chi connectivity index (χ0) is 18.9. The molecule has 0 bridgehead atoms. The van der Waals surface area contributed by atoms with Crippen LogP contribution in [-0.4, -0.2) is 50.4 Å². The molecule has 1 aliphatic carbocycles. The van der Waals surface area contributed by atoms with Gasteiger partial charge in [0.25, 0.3) is 0 Å². The summed E-state index contributed by atoms with van der Waals surface area (Å²) in [5, 5.41) is 10.0. The van der Waals surface area contributed by atoms with Gasteiger partial charge in [-0.15, -0.1) is 10.2 Å². The van der Waals surface area contributed by atoms with Crippen molar-refractivity contribution in [3.63, 3.8) is 0 Å². The third kappa shape index (κ3) is 3.60. The Hall–Kier alpha value is -2.28. The van der Waals surface area contributed by atoms with Crippen LogP contribution >= 0.6 is 11.3 Å². The summed E-state index contributed by atoms with van der Waals surface area (Å²) < 4.78 is 0. The molecule has 1 saturated carbocycles. The van der Waals surface area contributed by atoms with Crippen LogP contribution in [0.1, 0.15) is 44.0 Å². The van der Waals surface area contributed by atoms with Gasteiger partial charge >= 0.3 is 11.8 Å². The number of carbonyl (C=O) groups excluding carboxylic acids is 2. The van der Waals surface area contributed by atoms with Gasteiger partial charge in [-0.05, 0) is 19.8 Å². The molecule has 0 radical (unpaired) electrons. The summed E-state index contributed by atoms with van der Waals surface area (Å²) in [5.41, 5.74) is 0.846. The Labute approximate surface area is 163 Å². The Morgan fingerprint density at radius 1 is 1.00 bits per heavy atom. The topological polar surface area (TPSA) is 66.4 Å². The van der Waals surface area contributed by atoms with Gasteiger partial charge in [-0.1, -0.05) is 60.9 Å². The summed E-state index contributed by atoms with van der Waals surface area (Å²) in [6, 6.07) is 9.86. The van der Waals surface area contributed by atoms with Crippen LogP contribution in [0.4, 0.5) is 0 Å². The van der Waals surface area contributed by atoms with Crippen molar-refractivity contribution >= 4 is 23.2 Å². The molecule has 0 spiro atoms. The molecule has 7 heteroatoms. The van der Waals surface area contributed by atoms with Gasteiger partial charge in [0.2, 0.25) is 0 Å². The molecule has 27 heavy (non-hydrogen) atoms. The monoisotopic (exact) mass is 384 g/mol. The number of aromatic nitrogens is 2. The molecule has 4 rings (SSSR count). The van der Waals surface area contributed by atoms with Gasteiger partial charge in [-0.25, -0.2) is 0 Å². The molecule has 0 N–H and O–H groups in total. The lowest BCUT2D eigenvalue weighted by Crippen LogP contribution is -2.61. The molecule has 0 unspecified atom stereocenters. The standard InChI is InChI=1S/C20H24N4O2S/c1-20(10-6-3-7-11-20)24-13-12-23(18(25)19(24)26)14-16-21-22-17(27-16)15-8-4-2-5-9-15/h2,4-5,8-9H,3,6-7,10-14H2,1H3. The maximum Gasteiger partial charge on any atom is 0.312 e. The quantitative estimate of drug-likeness (QED) is 0.760. The van der Waals surface area contributed by atoms with E-state index in [9.17, 15) is 9.59 Å². The molecule has 2 aliphatic rings. The van der Waals surface area contributed by atoms with Crippen molar-refractivity contribution in [1.82, 2.24) is 20.0 Å². The smallest absolute Gasteiger partial charge is 0.312 e. The zero-order valence-electron chi connectivity index (χ0n) is 15.6. The Balaban J connectivity index is 1.44. The molecule has 1 aromatic carbocycles. The number of hydrogen-bond acceptors (Lipinski definition) is 5. The van der Waals surface area contributed by atoms with E-state index in [-0.39, 0.29) is 11.4 Å². The number of nitrogens with zero attached hydrogens (tertiary/aromatic N) is 4. The summed E-state index contributed by atoms with van der Waals surface area (Å²) in [6.07, 6.45) is 5.46. The van der Waals surface area contributed by atoms with E-state index in [1.165, 1.54) is 17.8 Å². The third-order valence-corrected chi connectivity index (χ3v) is 6.66. The third-order valence-electron chi connectivity index (χ3n) is 5.70. The van der Waals surface area contributed by atoms with Gasteiger partial charge in [0.05, 0.1) is 6.54 Å². The number of amides is 2. The molecular formula is C20H24N4O2S. The van der Waals surface area contributed by atoms with Crippen molar-refractivity contribution < 1.29 is 9.59 Å². The van der Waals surface area contributed by atoms with Gasteiger partial charge in [-0.3, -0.25) is 9.59 Å². The fourth-order valence-corrected chi connectivity index (χ4v) is 4.96. The highest BCUT2D eigenvalue weighted by Gasteiger charge is 2.43. The molecule has 142 valence electrons. The van der Waals surface area contributed by atoms with Gasteiger partial charge in [0.1, 0.15) is 10.0 Å². The molecule has 2 heterocycles. The van der Waals surface area contributed by atoms with E-state index < -0.39 is 5.91 Å². The van der Waals surface area contributed by atoms with Crippen molar-refractivity contribution in [2.75, 3.05) is 13.1 Å². The van der Waals surface area contributed by atoms with E-state index in [2.05, 4.69) is 17.1 Å². The SMILES string of the molecule is CC1(N2CCN(Cc3nnc(-c4ccccc4)s3)C(=O)C2=O)CCCCC1. The first-order valence-corrected chi connectivity index (χ1v) is 10.4. The predicted octanol–water partition coefficient (Wildman–Crippen LogP) is 3.10. The van der Waals surface area contributed by atoms with Gasteiger partial charge in [-0.2, -0.15) is 0 Å². The molecule has 0 atom stereocenters. The molecule has 1 aromatic heterocycles. The van der Waals surface area contributed by atoms with E-state index in [1.54, 1.807) is 4.90 Å². The number of carbonyl (C=O) groups is 2. The van der Waals surface area contributed by atoms with Crippen LogP contribution in [0.3, 0.4) is 0 Å². The van der Waals surface area contributed by atoms with Crippen LogP contribution in [0.5, 0.6) is 0 Å². The number of hydrogen-bond donors (Lipinski definition) is 0. The first-order chi connectivity index (χ1) is 13.1. The highest BCUT2D eigenvalue weighted by molar-refractivity contribution is 7.14.